The summed E-state index contributed by atoms with van der Waals surface area (Å²) in [5.41, 5.74) is 1.02. The molecule has 2 aromatic rings. The second-order valence-electron chi connectivity index (χ2n) is 5.16. The van der Waals surface area contributed by atoms with E-state index in [9.17, 15) is 13.6 Å². The third-order valence-corrected chi connectivity index (χ3v) is 3.64. The monoisotopic (exact) mass is 299 g/mol. The van der Waals surface area contributed by atoms with Gasteiger partial charge in [0.05, 0.1) is 5.56 Å². The second-order valence-corrected chi connectivity index (χ2v) is 5.16. The molecule has 1 aromatic heterocycles. The SMILES string of the molecule is N#Cc1ccc(NC(=O)C2CC2c2ccc(F)c(F)c2)nc1. The van der Waals surface area contributed by atoms with E-state index in [0.29, 0.717) is 23.4 Å². The molecular formula is C16H11F2N3O. The Balaban J connectivity index is 1.64. The highest BCUT2D eigenvalue weighted by atomic mass is 19.2. The van der Waals surface area contributed by atoms with Gasteiger partial charge in [-0.1, -0.05) is 6.07 Å². The molecule has 1 fully saturated rings. The molecule has 0 aliphatic heterocycles. The number of pyridine rings is 1. The number of nitrogens with one attached hydrogen (secondary N) is 1. The van der Waals surface area contributed by atoms with E-state index in [1.807, 2.05) is 6.07 Å². The van der Waals surface area contributed by atoms with Gasteiger partial charge >= 0.3 is 0 Å². The lowest BCUT2D eigenvalue weighted by molar-refractivity contribution is -0.117. The number of hydrogen-bond donors (Lipinski definition) is 1. The highest BCUT2D eigenvalue weighted by molar-refractivity contribution is 5.94. The molecule has 1 saturated carbocycles. The Morgan fingerprint density at radius 3 is 2.73 bits per heavy atom. The number of halogens is 2. The van der Waals surface area contributed by atoms with Crippen molar-refractivity contribution in [1.82, 2.24) is 4.98 Å². The lowest BCUT2D eigenvalue weighted by Crippen LogP contribution is -2.15. The van der Waals surface area contributed by atoms with Crippen LogP contribution in [-0.4, -0.2) is 10.9 Å². The van der Waals surface area contributed by atoms with E-state index in [1.165, 1.54) is 12.3 Å². The van der Waals surface area contributed by atoms with Crippen LogP contribution < -0.4 is 5.32 Å². The molecule has 2 unspecified atom stereocenters. The van der Waals surface area contributed by atoms with Crippen LogP contribution >= 0.6 is 0 Å². The van der Waals surface area contributed by atoms with E-state index in [2.05, 4.69) is 10.3 Å². The van der Waals surface area contributed by atoms with Crippen LogP contribution in [0.15, 0.2) is 36.5 Å². The molecule has 1 N–H and O–H groups in total. The minimum absolute atomic E-state index is 0.103. The molecule has 1 aliphatic rings. The van der Waals surface area contributed by atoms with Gasteiger partial charge in [0.2, 0.25) is 5.91 Å². The Morgan fingerprint density at radius 2 is 2.09 bits per heavy atom. The molecule has 22 heavy (non-hydrogen) atoms. The zero-order valence-electron chi connectivity index (χ0n) is 11.4. The van der Waals surface area contributed by atoms with Crippen molar-refractivity contribution in [1.29, 1.82) is 5.26 Å². The van der Waals surface area contributed by atoms with E-state index in [4.69, 9.17) is 5.26 Å². The highest BCUT2D eigenvalue weighted by Crippen LogP contribution is 2.48. The number of carbonyl (C=O) groups is 1. The average Bonchev–Trinajstić information content (AvgIpc) is 3.31. The molecule has 1 aliphatic carbocycles. The molecule has 6 heteroatoms. The molecule has 110 valence electrons. The fourth-order valence-electron chi connectivity index (χ4n) is 2.35. The number of anilines is 1. The summed E-state index contributed by atoms with van der Waals surface area (Å²) in [6, 6.07) is 8.74. The molecule has 0 radical (unpaired) electrons. The van der Waals surface area contributed by atoms with Crippen molar-refractivity contribution in [2.45, 2.75) is 12.3 Å². The fourth-order valence-corrected chi connectivity index (χ4v) is 2.35. The van der Waals surface area contributed by atoms with Gasteiger partial charge in [0.1, 0.15) is 11.9 Å². The standard InChI is InChI=1S/C16H11F2N3O/c17-13-3-2-10(5-14(13)18)11-6-12(11)16(22)21-15-4-1-9(7-19)8-20-15/h1-5,8,11-12H,6H2,(H,20,21,22). The lowest BCUT2D eigenvalue weighted by Gasteiger charge is -2.04. The number of carbonyl (C=O) groups excluding carboxylic acids is 1. The highest BCUT2D eigenvalue weighted by Gasteiger charge is 2.44. The van der Waals surface area contributed by atoms with Crippen LogP contribution in [0.25, 0.3) is 0 Å². The van der Waals surface area contributed by atoms with Crippen molar-refractivity contribution >= 4 is 11.7 Å². The number of amides is 1. The number of nitrogens with zero attached hydrogens (tertiary/aromatic N) is 2. The Hall–Kier alpha value is -2.81. The number of rotatable bonds is 3. The lowest BCUT2D eigenvalue weighted by atomic mass is 10.1. The van der Waals surface area contributed by atoms with Crippen molar-refractivity contribution in [2.24, 2.45) is 5.92 Å². The maximum atomic E-state index is 13.2. The van der Waals surface area contributed by atoms with E-state index in [1.54, 1.807) is 12.1 Å². The summed E-state index contributed by atoms with van der Waals surface area (Å²) in [6.45, 7) is 0. The molecule has 1 aromatic carbocycles. The summed E-state index contributed by atoms with van der Waals surface area (Å²) in [5, 5.41) is 11.3. The van der Waals surface area contributed by atoms with Gasteiger partial charge in [-0.2, -0.15) is 5.26 Å². The zero-order chi connectivity index (χ0) is 15.7. The van der Waals surface area contributed by atoms with Crippen molar-refractivity contribution in [3.8, 4) is 6.07 Å². The minimum atomic E-state index is -0.905. The van der Waals surface area contributed by atoms with Crippen LogP contribution in [0.5, 0.6) is 0 Å². The van der Waals surface area contributed by atoms with Crippen LogP contribution in [0.3, 0.4) is 0 Å². The maximum Gasteiger partial charge on any atom is 0.229 e. The number of aromatic nitrogens is 1. The summed E-state index contributed by atoms with van der Waals surface area (Å²) >= 11 is 0. The van der Waals surface area contributed by atoms with Crippen LogP contribution in [0.2, 0.25) is 0 Å². The maximum absolute atomic E-state index is 13.2. The average molecular weight is 299 g/mol. The summed E-state index contributed by atoms with van der Waals surface area (Å²) in [7, 11) is 0. The Kier molecular flexibility index (Phi) is 3.55. The summed E-state index contributed by atoms with van der Waals surface area (Å²) in [5.74, 6) is -2.04. The van der Waals surface area contributed by atoms with E-state index < -0.39 is 11.6 Å². The van der Waals surface area contributed by atoms with Crippen LogP contribution in [0, 0.1) is 28.9 Å². The first-order valence-corrected chi connectivity index (χ1v) is 6.70. The first-order chi connectivity index (χ1) is 10.6. The van der Waals surface area contributed by atoms with Gasteiger partial charge in [0.25, 0.3) is 0 Å². The molecule has 1 heterocycles. The molecular weight excluding hydrogens is 288 g/mol. The first kappa shape index (κ1) is 14.1. The van der Waals surface area contributed by atoms with Gasteiger partial charge in [0.15, 0.2) is 11.6 Å². The van der Waals surface area contributed by atoms with Crippen LogP contribution in [-0.2, 0) is 4.79 Å². The summed E-state index contributed by atoms with van der Waals surface area (Å²) in [4.78, 5) is 16.0. The quantitative estimate of drug-likeness (QED) is 0.947. The Morgan fingerprint density at radius 1 is 1.27 bits per heavy atom. The molecule has 4 nitrogen and oxygen atoms in total. The van der Waals surface area contributed by atoms with Gasteiger partial charge in [0, 0.05) is 12.1 Å². The normalized spacial score (nSPS) is 19.3. The smallest absolute Gasteiger partial charge is 0.229 e. The molecule has 0 bridgehead atoms. The van der Waals surface area contributed by atoms with Crippen molar-refractivity contribution in [2.75, 3.05) is 5.32 Å². The van der Waals surface area contributed by atoms with Crippen LogP contribution in [0.1, 0.15) is 23.5 Å². The van der Waals surface area contributed by atoms with Crippen LogP contribution in [0.4, 0.5) is 14.6 Å². The van der Waals surface area contributed by atoms with Crippen molar-refractivity contribution < 1.29 is 13.6 Å². The molecule has 3 rings (SSSR count). The van der Waals surface area contributed by atoms with Gasteiger partial charge in [-0.15, -0.1) is 0 Å². The predicted molar refractivity (Wildman–Crippen MR) is 74.8 cm³/mol. The first-order valence-electron chi connectivity index (χ1n) is 6.70. The molecule has 1 amide bonds. The van der Waals surface area contributed by atoms with Gasteiger partial charge in [-0.05, 0) is 42.2 Å². The number of benzene rings is 1. The zero-order valence-corrected chi connectivity index (χ0v) is 11.4. The summed E-state index contributed by atoms with van der Waals surface area (Å²) < 4.78 is 26.1. The second kappa shape index (κ2) is 5.53. The van der Waals surface area contributed by atoms with Gasteiger partial charge in [-0.3, -0.25) is 4.79 Å². The van der Waals surface area contributed by atoms with E-state index >= 15 is 0 Å². The molecule has 0 saturated heterocycles. The summed E-state index contributed by atoms with van der Waals surface area (Å²) in [6.07, 6.45) is 1.96. The van der Waals surface area contributed by atoms with Gasteiger partial charge < -0.3 is 5.32 Å². The number of hydrogen-bond acceptors (Lipinski definition) is 3. The third-order valence-electron chi connectivity index (χ3n) is 3.64. The van der Waals surface area contributed by atoms with E-state index in [-0.39, 0.29) is 17.7 Å². The minimum Gasteiger partial charge on any atom is -0.310 e. The largest absolute Gasteiger partial charge is 0.310 e. The number of nitriles is 1. The van der Waals surface area contributed by atoms with Crippen molar-refractivity contribution in [3.05, 3.63) is 59.3 Å². The third kappa shape index (κ3) is 2.79. The van der Waals surface area contributed by atoms with Gasteiger partial charge in [-0.25, -0.2) is 13.8 Å². The van der Waals surface area contributed by atoms with E-state index in [0.717, 1.165) is 12.1 Å². The Bertz CT molecular complexity index is 768. The molecule has 2 atom stereocenters. The fraction of sp³-hybridized carbons (Fsp3) is 0.188. The van der Waals surface area contributed by atoms with Crippen molar-refractivity contribution in [3.63, 3.8) is 0 Å². The Labute approximate surface area is 125 Å². The molecule has 0 spiro atoms. The predicted octanol–water partition coefficient (Wildman–Crippen LogP) is 2.97. The topological polar surface area (TPSA) is 65.8 Å².